The fourth-order valence-electron chi connectivity index (χ4n) is 1.86. The van der Waals surface area contributed by atoms with Crippen molar-refractivity contribution in [3.63, 3.8) is 0 Å². The first-order valence-corrected chi connectivity index (χ1v) is 5.43. The first-order chi connectivity index (χ1) is 7.85. The van der Waals surface area contributed by atoms with Crippen LogP contribution in [0.3, 0.4) is 0 Å². The molecule has 2 rings (SSSR count). The van der Waals surface area contributed by atoms with E-state index in [1.165, 1.54) is 0 Å². The molecule has 0 bridgehead atoms. The maximum atomic E-state index is 5.27. The van der Waals surface area contributed by atoms with Gasteiger partial charge in [-0.3, -0.25) is 0 Å². The highest BCUT2D eigenvalue weighted by molar-refractivity contribution is 5.43. The summed E-state index contributed by atoms with van der Waals surface area (Å²) in [6.07, 6.45) is 2.15. The fraction of sp³-hybridized carbons (Fsp3) is 0.500. The first-order valence-electron chi connectivity index (χ1n) is 5.43. The lowest BCUT2D eigenvalue weighted by molar-refractivity contribution is 0.354. The van der Waals surface area contributed by atoms with Crippen molar-refractivity contribution in [1.29, 1.82) is 0 Å². The van der Waals surface area contributed by atoms with Crippen LogP contribution in [0.2, 0.25) is 0 Å². The van der Waals surface area contributed by atoms with Gasteiger partial charge < -0.3 is 9.47 Å². The Balaban J connectivity index is 2.28. The van der Waals surface area contributed by atoms with Gasteiger partial charge in [-0.15, -0.1) is 0 Å². The van der Waals surface area contributed by atoms with Gasteiger partial charge in [0.25, 0.3) is 0 Å². The molecule has 0 aromatic heterocycles. The van der Waals surface area contributed by atoms with E-state index in [0.717, 1.165) is 36.4 Å². The van der Waals surface area contributed by atoms with Crippen molar-refractivity contribution in [1.82, 2.24) is 0 Å². The molecule has 0 N–H and O–H groups in total. The van der Waals surface area contributed by atoms with Gasteiger partial charge in [-0.05, 0) is 30.5 Å². The summed E-state index contributed by atoms with van der Waals surface area (Å²) in [5.74, 6) is 1.50. The Hall–Kier alpha value is -1.58. The second-order valence-corrected chi connectivity index (χ2v) is 3.75. The number of hydrogen-bond donors (Lipinski definition) is 0. The van der Waals surface area contributed by atoms with Crippen LogP contribution in [-0.4, -0.2) is 20.8 Å². The summed E-state index contributed by atoms with van der Waals surface area (Å²) >= 11 is 0. The zero-order chi connectivity index (χ0) is 11.4. The summed E-state index contributed by atoms with van der Waals surface area (Å²) in [5.41, 5.74) is 1.14. The van der Waals surface area contributed by atoms with Gasteiger partial charge in [0.1, 0.15) is 0 Å². The minimum Gasteiger partial charge on any atom is -0.493 e. The van der Waals surface area contributed by atoms with Gasteiger partial charge in [0, 0.05) is 0 Å². The predicted molar refractivity (Wildman–Crippen MR) is 61.2 cm³/mol. The monoisotopic (exact) mass is 220 g/mol. The van der Waals surface area contributed by atoms with Crippen molar-refractivity contribution in [2.45, 2.75) is 18.9 Å². The van der Waals surface area contributed by atoms with Crippen LogP contribution >= 0.6 is 0 Å². The summed E-state index contributed by atoms with van der Waals surface area (Å²) in [6.45, 7) is 0.851. The molecule has 86 valence electrons. The van der Waals surface area contributed by atoms with Crippen molar-refractivity contribution in [3.8, 4) is 11.5 Å². The molecule has 0 aliphatic carbocycles. The van der Waals surface area contributed by atoms with Crippen LogP contribution in [0, 0.1) is 0 Å². The lowest BCUT2D eigenvalue weighted by Gasteiger charge is -2.16. The Kier molecular flexibility index (Phi) is 3.39. The summed E-state index contributed by atoms with van der Waals surface area (Å²) in [5, 5.41) is 8.35. The van der Waals surface area contributed by atoms with Crippen molar-refractivity contribution in [2.24, 2.45) is 10.2 Å². The minimum absolute atomic E-state index is 0.175. The summed E-state index contributed by atoms with van der Waals surface area (Å²) in [7, 11) is 3.28. The maximum absolute atomic E-state index is 5.27. The van der Waals surface area contributed by atoms with E-state index in [0.29, 0.717) is 0 Å². The minimum atomic E-state index is 0.175. The molecule has 4 heteroatoms. The highest BCUT2D eigenvalue weighted by Gasteiger charge is 2.15. The Bertz CT molecular complexity index is 391. The van der Waals surface area contributed by atoms with Gasteiger partial charge >= 0.3 is 0 Å². The van der Waals surface area contributed by atoms with Crippen LogP contribution in [0.1, 0.15) is 24.4 Å². The smallest absolute Gasteiger partial charge is 0.161 e. The van der Waals surface area contributed by atoms with Crippen LogP contribution in [0.25, 0.3) is 0 Å². The quantitative estimate of drug-likeness (QED) is 0.785. The molecular weight excluding hydrogens is 204 g/mol. The number of hydrogen-bond acceptors (Lipinski definition) is 4. The third kappa shape index (κ3) is 2.15. The van der Waals surface area contributed by atoms with Crippen LogP contribution in [0.4, 0.5) is 0 Å². The lowest BCUT2D eigenvalue weighted by Crippen LogP contribution is -2.02. The number of rotatable bonds is 3. The molecule has 0 amide bonds. The van der Waals surface area contributed by atoms with Gasteiger partial charge in [-0.2, -0.15) is 10.2 Å². The third-order valence-corrected chi connectivity index (χ3v) is 2.75. The average Bonchev–Trinajstić information content (AvgIpc) is 2.39. The number of benzene rings is 1. The van der Waals surface area contributed by atoms with E-state index in [1.807, 2.05) is 18.2 Å². The van der Waals surface area contributed by atoms with Gasteiger partial charge in [-0.1, -0.05) is 6.07 Å². The molecular formula is C12H16N2O2. The predicted octanol–water partition coefficient (Wildman–Crippen LogP) is 2.99. The SMILES string of the molecule is COc1ccc(C2CCCN=N2)cc1OC. The van der Waals surface area contributed by atoms with E-state index in [1.54, 1.807) is 14.2 Å². The van der Waals surface area contributed by atoms with Crippen molar-refractivity contribution < 1.29 is 9.47 Å². The van der Waals surface area contributed by atoms with Crippen molar-refractivity contribution in [3.05, 3.63) is 23.8 Å². The highest BCUT2D eigenvalue weighted by atomic mass is 16.5. The van der Waals surface area contributed by atoms with Crippen LogP contribution in [0.5, 0.6) is 11.5 Å². The molecule has 1 aromatic carbocycles. The van der Waals surface area contributed by atoms with Crippen LogP contribution in [0.15, 0.2) is 28.4 Å². The molecule has 0 spiro atoms. The lowest BCUT2D eigenvalue weighted by atomic mass is 10.0. The van der Waals surface area contributed by atoms with E-state index < -0.39 is 0 Å². The molecule has 0 fully saturated rings. The van der Waals surface area contributed by atoms with Crippen LogP contribution in [-0.2, 0) is 0 Å². The molecule has 1 atom stereocenters. The second-order valence-electron chi connectivity index (χ2n) is 3.75. The standard InChI is InChI=1S/C12H16N2O2/c1-15-11-6-5-9(8-12(11)16-2)10-4-3-7-13-14-10/h5-6,8,10H,3-4,7H2,1-2H3. The van der Waals surface area contributed by atoms with Crippen molar-refractivity contribution in [2.75, 3.05) is 20.8 Å². The Morgan fingerprint density at radius 2 is 2.00 bits per heavy atom. The van der Waals surface area contributed by atoms with Crippen molar-refractivity contribution >= 4 is 0 Å². The zero-order valence-electron chi connectivity index (χ0n) is 9.64. The van der Waals surface area contributed by atoms with E-state index in [2.05, 4.69) is 10.2 Å². The number of azo groups is 1. The summed E-state index contributed by atoms with van der Waals surface area (Å²) in [6, 6.07) is 6.09. The van der Waals surface area contributed by atoms with Gasteiger partial charge in [0.15, 0.2) is 11.5 Å². The van der Waals surface area contributed by atoms with E-state index in [9.17, 15) is 0 Å². The largest absolute Gasteiger partial charge is 0.493 e. The molecule has 1 aliphatic heterocycles. The maximum Gasteiger partial charge on any atom is 0.161 e. The summed E-state index contributed by atoms with van der Waals surface area (Å²) in [4.78, 5) is 0. The van der Waals surface area contributed by atoms with Gasteiger partial charge in [0.2, 0.25) is 0 Å². The Morgan fingerprint density at radius 1 is 1.19 bits per heavy atom. The molecule has 1 aliphatic rings. The highest BCUT2D eigenvalue weighted by Crippen LogP contribution is 2.33. The Labute approximate surface area is 95.3 Å². The topological polar surface area (TPSA) is 43.2 Å². The molecule has 0 radical (unpaired) electrons. The number of nitrogens with zero attached hydrogens (tertiary/aromatic N) is 2. The average molecular weight is 220 g/mol. The normalized spacial score (nSPS) is 19.5. The molecule has 1 aromatic rings. The number of methoxy groups -OCH3 is 2. The second kappa shape index (κ2) is 4.96. The molecule has 1 unspecified atom stereocenters. The summed E-state index contributed by atoms with van der Waals surface area (Å²) < 4.78 is 10.5. The van der Waals surface area contributed by atoms with Crippen LogP contribution < -0.4 is 9.47 Å². The Morgan fingerprint density at radius 3 is 2.62 bits per heavy atom. The van der Waals surface area contributed by atoms with E-state index in [4.69, 9.17) is 9.47 Å². The molecule has 16 heavy (non-hydrogen) atoms. The van der Waals surface area contributed by atoms with E-state index >= 15 is 0 Å². The fourth-order valence-corrected chi connectivity index (χ4v) is 1.86. The zero-order valence-corrected chi connectivity index (χ0v) is 9.64. The van der Waals surface area contributed by atoms with E-state index in [-0.39, 0.29) is 6.04 Å². The molecule has 4 nitrogen and oxygen atoms in total. The number of ether oxygens (including phenoxy) is 2. The van der Waals surface area contributed by atoms with Gasteiger partial charge in [0.05, 0.1) is 26.8 Å². The van der Waals surface area contributed by atoms with Gasteiger partial charge in [-0.25, -0.2) is 0 Å². The molecule has 1 heterocycles. The third-order valence-electron chi connectivity index (χ3n) is 2.75. The molecule has 0 saturated heterocycles. The molecule has 0 saturated carbocycles. The first kappa shape index (κ1) is 10.9.